The SMILES string of the molecule is Cc1csc(=O)n1CCC(=O)NCCO[C@@H]1CCCC[C@@H]1C. The highest BCUT2D eigenvalue weighted by molar-refractivity contribution is 7.07. The highest BCUT2D eigenvalue weighted by Gasteiger charge is 2.21. The van der Waals surface area contributed by atoms with Crippen molar-refractivity contribution in [1.29, 1.82) is 0 Å². The van der Waals surface area contributed by atoms with Crippen LogP contribution in [0.1, 0.15) is 44.7 Å². The summed E-state index contributed by atoms with van der Waals surface area (Å²) in [5.41, 5.74) is 0.914. The Labute approximate surface area is 135 Å². The number of rotatable bonds is 7. The van der Waals surface area contributed by atoms with Crippen molar-refractivity contribution in [3.63, 3.8) is 0 Å². The lowest BCUT2D eigenvalue weighted by atomic mass is 9.88. The molecule has 1 aliphatic carbocycles. The van der Waals surface area contributed by atoms with Crippen molar-refractivity contribution in [2.45, 2.75) is 58.6 Å². The van der Waals surface area contributed by atoms with Crippen LogP contribution in [0.5, 0.6) is 0 Å². The Kier molecular flexibility index (Phi) is 6.64. The van der Waals surface area contributed by atoms with Gasteiger partial charge in [-0.05, 0) is 25.7 Å². The van der Waals surface area contributed by atoms with Crippen LogP contribution in [0, 0.1) is 12.8 Å². The first-order valence-electron chi connectivity index (χ1n) is 8.11. The van der Waals surface area contributed by atoms with Gasteiger partial charge in [0.25, 0.3) is 0 Å². The van der Waals surface area contributed by atoms with Gasteiger partial charge in [0, 0.05) is 30.6 Å². The van der Waals surface area contributed by atoms with E-state index in [-0.39, 0.29) is 10.8 Å². The number of aryl methyl sites for hydroxylation is 1. The van der Waals surface area contributed by atoms with Crippen LogP contribution in [0.15, 0.2) is 10.2 Å². The maximum Gasteiger partial charge on any atom is 0.307 e. The van der Waals surface area contributed by atoms with Gasteiger partial charge in [-0.15, -0.1) is 0 Å². The maximum absolute atomic E-state index is 11.8. The summed E-state index contributed by atoms with van der Waals surface area (Å²) in [4.78, 5) is 23.3. The monoisotopic (exact) mass is 326 g/mol. The standard InChI is InChI=1S/C16H26N2O3S/c1-12-5-3-4-6-14(12)21-10-8-17-15(19)7-9-18-13(2)11-22-16(18)20/h11-12,14H,3-10H2,1-2H3,(H,17,19)/t12-,14+/m0/s1. The number of hydrogen-bond donors (Lipinski definition) is 1. The van der Waals surface area contributed by atoms with E-state index in [0.29, 0.717) is 38.1 Å². The molecule has 0 unspecified atom stereocenters. The molecule has 1 N–H and O–H groups in total. The normalized spacial score (nSPS) is 21.7. The fourth-order valence-corrected chi connectivity index (χ4v) is 3.67. The van der Waals surface area contributed by atoms with E-state index in [1.54, 1.807) is 4.57 Å². The molecule has 1 aromatic heterocycles. The number of thiazole rings is 1. The minimum Gasteiger partial charge on any atom is -0.376 e. The minimum absolute atomic E-state index is 0.0000746. The summed E-state index contributed by atoms with van der Waals surface area (Å²) in [6, 6.07) is 0. The van der Waals surface area contributed by atoms with Crippen LogP contribution < -0.4 is 10.2 Å². The molecule has 2 atom stereocenters. The average Bonchev–Trinajstić information content (AvgIpc) is 2.82. The highest BCUT2D eigenvalue weighted by Crippen LogP contribution is 2.25. The third-order valence-electron chi connectivity index (χ3n) is 4.33. The van der Waals surface area contributed by atoms with Crippen molar-refractivity contribution < 1.29 is 9.53 Å². The summed E-state index contributed by atoms with van der Waals surface area (Å²) in [5, 5.41) is 4.68. The lowest BCUT2D eigenvalue weighted by molar-refractivity contribution is -0.121. The first-order valence-corrected chi connectivity index (χ1v) is 8.99. The Morgan fingerprint density at radius 1 is 1.45 bits per heavy atom. The lowest BCUT2D eigenvalue weighted by Gasteiger charge is -2.28. The van der Waals surface area contributed by atoms with Gasteiger partial charge < -0.3 is 14.6 Å². The van der Waals surface area contributed by atoms with Crippen molar-refractivity contribution in [2.75, 3.05) is 13.2 Å². The van der Waals surface area contributed by atoms with Gasteiger partial charge in [0.15, 0.2) is 0 Å². The van der Waals surface area contributed by atoms with E-state index in [1.165, 1.54) is 30.6 Å². The fraction of sp³-hybridized carbons (Fsp3) is 0.750. The molecule has 22 heavy (non-hydrogen) atoms. The number of hydrogen-bond acceptors (Lipinski definition) is 4. The zero-order valence-electron chi connectivity index (χ0n) is 13.5. The van der Waals surface area contributed by atoms with E-state index >= 15 is 0 Å². The minimum atomic E-state index is -0.0298. The van der Waals surface area contributed by atoms with Gasteiger partial charge in [-0.1, -0.05) is 31.1 Å². The van der Waals surface area contributed by atoms with E-state index in [2.05, 4.69) is 12.2 Å². The molecule has 6 heteroatoms. The van der Waals surface area contributed by atoms with E-state index in [1.807, 2.05) is 12.3 Å². The lowest BCUT2D eigenvalue weighted by Crippen LogP contribution is -2.32. The third-order valence-corrected chi connectivity index (χ3v) is 5.21. The summed E-state index contributed by atoms with van der Waals surface area (Å²) in [5.74, 6) is 0.593. The second-order valence-corrected chi connectivity index (χ2v) is 6.89. The van der Waals surface area contributed by atoms with Gasteiger partial charge >= 0.3 is 4.87 Å². The molecular weight excluding hydrogens is 300 g/mol. The summed E-state index contributed by atoms with van der Waals surface area (Å²) in [6.07, 6.45) is 5.60. The molecule has 1 aromatic rings. The Balaban J connectivity index is 1.61. The molecule has 124 valence electrons. The van der Waals surface area contributed by atoms with Crippen molar-refractivity contribution >= 4 is 17.2 Å². The number of amides is 1. The molecule has 1 saturated carbocycles. The van der Waals surface area contributed by atoms with Crippen LogP contribution in [0.25, 0.3) is 0 Å². The zero-order chi connectivity index (χ0) is 15.9. The molecule has 2 rings (SSSR count). The molecule has 1 heterocycles. The summed E-state index contributed by atoms with van der Waals surface area (Å²) in [6.45, 7) is 5.68. The molecule has 5 nitrogen and oxygen atoms in total. The number of nitrogens with zero attached hydrogens (tertiary/aromatic N) is 1. The summed E-state index contributed by atoms with van der Waals surface area (Å²) >= 11 is 1.18. The molecule has 0 radical (unpaired) electrons. The zero-order valence-corrected chi connectivity index (χ0v) is 14.3. The third kappa shape index (κ3) is 4.95. The molecule has 1 fully saturated rings. The van der Waals surface area contributed by atoms with E-state index in [9.17, 15) is 9.59 Å². The van der Waals surface area contributed by atoms with Gasteiger partial charge in [-0.3, -0.25) is 9.59 Å². The van der Waals surface area contributed by atoms with Crippen LogP contribution in [-0.2, 0) is 16.1 Å². The van der Waals surface area contributed by atoms with Crippen molar-refractivity contribution in [2.24, 2.45) is 5.92 Å². The largest absolute Gasteiger partial charge is 0.376 e. The van der Waals surface area contributed by atoms with Gasteiger partial charge in [0.2, 0.25) is 5.91 Å². The molecule has 0 aromatic carbocycles. The van der Waals surface area contributed by atoms with Crippen LogP contribution in [0.2, 0.25) is 0 Å². The number of nitrogens with one attached hydrogen (secondary N) is 1. The second kappa shape index (κ2) is 8.48. The summed E-state index contributed by atoms with van der Waals surface area (Å²) < 4.78 is 7.51. The van der Waals surface area contributed by atoms with E-state index in [4.69, 9.17) is 4.74 Å². The summed E-state index contributed by atoms with van der Waals surface area (Å²) in [7, 11) is 0. The topological polar surface area (TPSA) is 60.3 Å². The molecule has 0 saturated heterocycles. The average molecular weight is 326 g/mol. The van der Waals surface area contributed by atoms with Crippen LogP contribution in [0.3, 0.4) is 0 Å². The molecule has 0 aliphatic heterocycles. The molecule has 0 bridgehead atoms. The van der Waals surface area contributed by atoms with Gasteiger partial charge in [0.1, 0.15) is 0 Å². The van der Waals surface area contributed by atoms with Crippen LogP contribution >= 0.6 is 11.3 Å². The molecular formula is C16H26N2O3S. The first kappa shape index (κ1) is 17.2. The Morgan fingerprint density at radius 3 is 2.91 bits per heavy atom. The van der Waals surface area contributed by atoms with E-state index < -0.39 is 0 Å². The second-order valence-electron chi connectivity index (χ2n) is 6.07. The number of carbonyl (C=O) groups is 1. The van der Waals surface area contributed by atoms with Crippen LogP contribution in [0.4, 0.5) is 0 Å². The van der Waals surface area contributed by atoms with Gasteiger partial charge in [-0.2, -0.15) is 0 Å². The quantitative estimate of drug-likeness (QED) is 0.782. The van der Waals surface area contributed by atoms with Gasteiger partial charge in [0.05, 0.1) is 12.7 Å². The fourth-order valence-electron chi connectivity index (χ4n) is 2.91. The molecule has 1 aliphatic rings. The van der Waals surface area contributed by atoms with Crippen molar-refractivity contribution in [3.05, 3.63) is 20.7 Å². The predicted molar refractivity (Wildman–Crippen MR) is 88.3 cm³/mol. The predicted octanol–water partition coefficient (Wildman–Crippen LogP) is 2.32. The number of ether oxygens (including phenoxy) is 1. The Morgan fingerprint density at radius 2 is 2.23 bits per heavy atom. The Hall–Kier alpha value is -1.14. The van der Waals surface area contributed by atoms with Crippen molar-refractivity contribution in [1.82, 2.24) is 9.88 Å². The smallest absolute Gasteiger partial charge is 0.307 e. The van der Waals surface area contributed by atoms with E-state index in [0.717, 1.165) is 12.1 Å². The Bertz CT molecular complexity index is 538. The number of aromatic nitrogens is 1. The molecule has 1 amide bonds. The van der Waals surface area contributed by atoms with Crippen LogP contribution in [-0.4, -0.2) is 29.7 Å². The highest BCUT2D eigenvalue weighted by atomic mass is 32.1. The maximum atomic E-state index is 11.8. The van der Waals surface area contributed by atoms with Gasteiger partial charge in [-0.25, -0.2) is 0 Å². The first-order chi connectivity index (χ1) is 10.6. The van der Waals surface area contributed by atoms with Crippen molar-refractivity contribution in [3.8, 4) is 0 Å². The molecule has 0 spiro atoms. The number of carbonyl (C=O) groups excluding carboxylic acids is 1.